The molecule has 0 saturated heterocycles. The number of esters is 3. The zero-order chi connectivity index (χ0) is 30.4. The lowest BCUT2D eigenvalue weighted by Crippen LogP contribution is -2.12. The molecule has 0 atom stereocenters. The monoisotopic (exact) mass is 570 g/mol. The SMILES string of the molecule is C=C(C)C(=O)OCCCCCCCCCCCCCCCCCC.C=COC(=O)COC(=O)C=Cc1ccccc1. The zero-order valence-corrected chi connectivity index (χ0v) is 25.7. The van der Waals surface area contributed by atoms with Gasteiger partial charge in [-0.05, 0) is 25.0 Å². The van der Waals surface area contributed by atoms with E-state index in [9.17, 15) is 14.4 Å². The van der Waals surface area contributed by atoms with Crippen molar-refractivity contribution >= 4 is 24.0 Å². The Morgan fingerprint density at radius 2 is 1.22 bits per heavy atom. The quantitative estimate of drug-likeness (QED) is 0.0429. The van der Waals surface area contributed by atoms with E-state index in [-0.39, 0.29) is 5.97 Å². The largest absolute Gasteiger partial charge is 0.462 e. The third-order valence-corrected chi connectivity index (χ3v) is 6.34. The van der Waals surface area contributed by atoms with Crippen LogP contribution in [-0.4, -0.2) is 31.1 Å². The van der Waals surface area contributed by atoms with Gasteiger partial charge in [-0.1, -0.05) is 147 Å². The molecule has 0 radical (unpaired) electrons. The fourth-order valence-electron chi connectivity index (χ4n) is 3.97. The molecular formula is C35H54O6. The summed E-state index contributed by atoms with van der Waals surface area (Å²) in [6.07, 6.45) is 25.6. The van der Waals surface area contributed by atoms with Crippen molar-refractivity contribution in [2.75, 3.05) is 13.2 Å². The summed E-state index contributed by atoms with van der Waals surface area (Å²) in [5.74, 6) is -1.52. The Balaban J connectivity index is 0.000000825. The van der Waals surface area contributed by atoms with Gasteiger partial charge in [-0.25, -0.2) is 14.4 Å². The van der Waals surface area contributed by atoms with Crippen molar-refractivity contribution in [3.8, 4) is 0 Å². The van der Waals surface area contributed by atoms with Crippen LogP contribution in [0.3, 0.4) is 0 Å². The molecule has 0 aliphatic heterocycles. The predicted molar refractivity (Wildman–Crippen MR) is 168 cm³/mol. The average molecular weight is 571 g/mol. The summed E-state index contributed by atoms with van der Waals surface area (Å²) >= 11 is 0. The Morgan fingerprint density at radius 1 is 0.732 bits per heavy atom. The van der Waals surface area contributed by atoms with Crippen molar-refractivity contribution in [2.24, 2.45) is 0 Å². The van der Waals surface area contributed by atoms with E-state index in [0.717, 1.165) is 18.2 Å². The fourth-order valence-corrected chi connectivity index (χ4v) is 3.97. The molecular weight excluding hydrogens is 516 g/mol. The maximum atomic E-state index is 11.2. The number of hydrogen-bond donors (Lipinski definition) is 0. The first kappa shape index (κ1) is 37.9. The van der Waals surface area contributed by atoms with Crippen LogP contribution in [0.5, 0.6) is 0 Å². The molecule has 230 valence electrons. The molecule has 0 heterocycles. The van der Waals surface area contributed by atoms with Crippen LogP contribution in [0.2, 0.25) is 0 Å². The van der Waals surface area contributed by atoms with Gasteiger partial charge in [-0.2, -0.15) is 0 Å². The summed E-state index contributed by atoms with van der Waals surface area (Å²) in [7, 11) is 0. The van der Waals surface area contributed by atoms with Crippen molar-refractivity contribution in [1.29, 1.82) is 0 Å². The Morgan fingerprint density at radius 3 is 1.68 bits per heavy atom. The van der Waals surface area contributed by atoms with Gasteiger partial charge >= 0.3 is 17.9 Å². The van der Waals surface area contributed by atoms with E-state index in [1.54, 1.807) is 13.0 Å². The lowest BCUT2D eigenvalue weighted by atomic mass is 10.0. The first-order valence-corrected chi connectivity index (χ1v) is 15.4. The summed E-state index contributed by atoms with van der Waals surface area (Å²) in [6.45, 7) is 10.9. The van der Waals surface area contributed by atoms with Crippen LogP contribution in [0, 0.1) is 0 Å². The van der Waals surface area contributed by atoms with Crippen molar-refractivity contribution in [2.45, 2.75) is 117 Å². The van der Waals surface area contributed by atoms with E-state index in [1.165, 1.54) is 102 Å². The second-order valence-electron chi connectivity index (χ2n) is 10.2. The van der Waals surface area contributed by atoms with E-state index in [2.05, 4.69) is 29.6 Å². The maximum Gasteiger partial charge on any atom is 0.349 e. The van der Waals surface area contributed by atoms with Gasteiger partial charge in [0, 0.05) is 11.6 Å². The molecule has 0 N–H and O–H groups in total. The minimum atomic E-state index is -0.665. The molecule has 1 aromatic carbocycles. The van der Waals surface area contributed by atoms with Crippen LogP contribution in [-0.2, 0) is 28.6 Å². The number of carbonyl (C=O) groups excluding carboxylic acids is 3. The highest BCUT2D eigenvalue weighted by Crippen LogP contribution is 2.13. The van der Waals surface area contributed by atoms with Crippen molar-refractivity contribution in [1.82, 2.24) is 0 Å². The van der Waals surface area contributed by atoms with Gasteiger partial charge in [0.05, 0.1) is 12.9 Å². The molecule has 0 aliphatic carbocycles. The molecule has 0 aromatic heterocycles. The van der Waals surface area contributed by atoms with Gasteiger partial charge < -0.3 is 14.2 Å². The Labute approximate surface area is 249 Å². The topological polar surface area (TPSA) is 78.9 Å². The molecule has 6 heteroatoms. The molecule has 0 bridgehead atoms. The standard InChI is InChI=1S/C22H42O2.C13H12O4/c1-4-5-6-7-8-9-10-11-12-13-14-15-16-17-18-19-20-24-22(23)21(2)3;1-2-16-13(15)10-17-12(14)9-8-11-6-4-3-5-7-11/h2,4-20H2,1,3H3;2-9H,1,10H2. The molecule has 1 aromatic rings. The maximum absolute atomic E-state index is 11.2. The smallest absolute Gasteiger partial charge is 0.349 e. The number of ether oxygens (including phenoxy) is 3. The molecule has 0 saturated carbocycles. The lowest BCUT2D eigenvalue weighted by molar-refractivity contribution is -0.152. The van der Waals surface area contributed by atoms with E-state index in [0.29, 0.717) is 12.2 Å². The summed E-state index contributed by atoms with van der Waals surface area (Å²) in [6, 6.07) is 9.27. The van der Waals surface area contributed by atoms with Crippen LogP contribution in [0.25, 0.3) is 6.08 Å². The molecule has 0 fully saturated rings. The molecule has 0 spiro atoms. The molecule has 0 aliphatic rings. The van der Waals surface area contributed by atoms with Crippen LogP contribution >= 0.6 is 0 Å². The molecule has 41 heavy (non-hydrogen) atoms. The molecule has 6 nitrogen and oxygen atoms in total. The Hall–Kier alpha value is -3.15. The first-order valence-electron chi connectivity index (χ1n) is 15.4. The van der Waals surface area contributed by atoms with Crippen LogP contribution in [0.15, 0.2) is 61.4 Å². The number of unbranched alkanes of at least 4 members (excludes halogenated alkanes) is 15. The second-order valence-corrected chi connectivity index (χ2v) is 10.2. The normalized spacial score (nSPS) is 10.4. The third kappa shape index (κ3) is 26.8. The number of rotatable bonds is 23. The van der Waals surface area contributed by atoms with E-state index >= 15 is 0 Å². The van der Waals surface area contributed by atoms with Gasteiger partial charge in [0.1, 0.15) is 0 Å². The third-order valence-electron chi connectivity index (χ3n) is 6.34. The van der Waals surface area contributed by atoms with E-state index < -0.39 is 18.5 Å². The second kappa shape index (κ2) is 28.4. The molecule has 1 rings (SSSR count). The Bertz CT molecular complexity index is 859. The fraction of sp³-hybridized carbons (Fsp3) is 0.571. The van der Waals surface area contributed by atoms with Gasteiger partial charge in [-0.3, -0.25) is 0 Å². The number of hydrogen-bond acceptors (Lipinski definition) is 6. The molecule has 0 unspecified atom stereocenters. The average Bonchev–Trinajstić information content (AvgIpc) is 2.97. The van der Waals surface area contributed by atoms with Gasteiger partial charge in [-0.15, -0.1) is 0 Å². The number of carbonyl (C=O) groups is 3. The summed E-state index contributed by atoms with van der Waals surface area (Å²) < 4.78 is 14.1. The first-order chi connectivity index (χ1) is 19.9. The molecule has 0 amide bonds. The summed E-state index contributed by atoms with van der Waals surface area (Å²) in [4.78, 5) is 33.2. The summed E-state index contributed by atoms with van der Waals surface area (Å²) in [5, 5.41) is 0. The number of benzene rings is 1. The van der Waals surface area contributed by atoms with Crippen LogP contribution in [0.1, 0.15) is 122 Å². The highest BCUT2D eigenvalue weighted by Gasteiger charge is 2.04. The highest BCUT2D eigenvalue weighted by atomic mass is 16.6. The van der Waals surface area contributed by atoms with E-state index in [1.807, 2.05) is 30.3 Å². The minimum absolute atomic E-state index is 0.254. The van der Waals surface area contributed by atoms with E-state index in [4.69, 9.17) is 4.74 Å². The zero-order valence-electron chi connectivity index (χ0n) is 25.7. The van der Waals surface area contributed by atoms with Gasteiger partial charge in [0.15, 0.2) is 6.61 Å². The van der Waals surface area contributed by atoms with Gasteiger partial charge in [0.25, 0.3) is 0 Å². The predicted octanol–water partition coefficient (Wildman–Crippen LogP) is 9.30. The van der Waals surface area contributed by atoms with Crippen molar-refractivity contribution < 1.29 is 28.6 Å². The van der Waals surface area contributed by atoms with Crippen LogP contribution < -0.4 is 0 Å². The minimum Gasteiger partial charge on any atom is -0.462 e. The lowest BCUT2D eigenvalue weighted by Gasteiger charge is -2.05. The van der Waals surface area contributed by atoms with Crippen molar-refractivity contribution in [3.63, 3.8) is 0 Å². The summed E-state index contributed by atoms with van der Waals surface area (Å²) in [5.41, 5.74) is 1.37. The Kier molecular flexibility index (Phi) is 26.2. The highest BCUT2D eigenvalue weighted by molar-refractivity contribution is 5.88. The van der Waals surface area contributed by atoms with Gasteiger partial charge in [0.2, 0.25) is 0 Å². The van der Waals surface area contributed by atoms with Crippen LogP contribution in [0.4, 0.5) is 0 Å². The van der Waals surface area contributed by atoms with Crippen molar-refractivity contribution in [3.05, 3.63) is 67.0 Å².